The van der Waals surface area contributed by atoms with Gasteiger partial charge in [-0.1, -0.05) is 18.2 Å². The second kappa shape index (κ2) is 8.60. The zero-order chi connectivity index (χ0) is 17.5. The van der Waals surface area contributed by atoms with Gasteiger partial charge in [-0.05, 0) is 57.6 Å². The van der Waals surface area contributed by atoms with Crippen LogP contribution < -0.4 is 0 Å². The standard InChI is InChI=1S/C15H14F5IO2/c16-14(17,15(18,19)20)10-12(21)8-4-5-9-23-13(22)11-6-2-1-3-7-11/h1-3,6-7,10H,4-5,8-9H2. The molecular formula is C15H14F5IO2. The van der Waals surface area contributed by atoms with Crippen molar-refractivity contribution in [3.8, 4) is 0 Å². The van der Waals surface area contributed by atoms with Crippen LogP contribution in [0.1, 0.15) is 29.6 Å². The fourth-order valence-corrected chi connectivity index (χ4v) is 2.34. The van der Waals surface area contributed by atoms with Crippen molar-refractivity contribution in [1.82, 2.24) is 0 Å². The van der Waals surface area contributed by atoms with E-state index in [9.17, 15) is 26.7 Å². The van der Waals surface area contributed by atoms with E-state index in [1.165, 1.54) is 22.6 Å². The molecule has 1 aromatic carbocycles. The highest BCUT2D eigenvalue weighted by Crippen LogP contribution is 2.38. The zero-order valence-electron chi connectivity index (χ0n) is 11.9. The highest BCUT2D eigenvalue weighted by Gasteiger charge is 2.55. The maximum absolute atomic E-state index is 12.8. The third-order valence-electron chi connectivity index (χ3n) is 2.77. The number of hydrogen-bond acceptors (Lipinski definition) is 2. The summed E-state index contributed by atoms with van der Waals surface area (Å²) in [5.74, 6) is -5.33. The molecule has 0 aliphatic heterocycles. The van der Waals surface area contributed by atoms with Crippen LogP contribution in [0.4, 0.5) is 22.0 Å². The fourth-order valence-electron chi connectivity index (χ4n) is 1.57. The minimum absolute atomic E-state index is 0.0646. The molecular weight excluding hydrogens is 434 g/mol. The van der Waals surface area contributed by atoms with Gasteiger partial charge in [-0.15, -0.1) is 0 Å². The predicted octanol–water partition coefficient (Wildman–Crippen LogP) is 5.53. The van der Waals surface area contributed by atoms with Crippen molar-refractivity contribution in [2.75, 3.05) is 6.61 Å². The van der Waals surface area contributed by atoms with Gasteiger partial charge in [0.05, 0.1) is 12.2 Å². The molecule has 0 radical (unpaired) electrons. The van der Waals surface area contributed by atoms with Gasteiger partial charge >= 0.3 is 18.1 Å². The normalized spacial score (nSPS) is 13.0. The Bertz CT molecular complexity index is 541. The Balaban J connectivity index is 2.31. The summed E-state index contributed by atoms with van der Waals surface area (Å²) in [5, 5.41) is 0. The predicted molar refractivity (Wildman–Crippen MR) is 83.7 cm³/mol. The van der Waals surface area contributed by atoms with Crippen LogP contribution in [-0.2, 0) is 4.74 Å². The van der Waals surface area contributed by atoms with E-state index in [0.717, 1.165) is 0 Å². The Hall–Kier alpha value is -1.19. The minimum atomic E-state index is -5.59. The Morgan fingerprint density at radius 3 is 2.26 bits per heavy atom. The number of halogens is 6. The van der Waals surface area contributed by atoms with E-state index in [4.69, 9.17) is 4.74 Å². The quantitative estimate of drug-likeness (QED) is 0.237. The number of rotatable bonds is 7. The fraction of sp³-hybridized carbons (Fsp3) is 0.400. The third kappa shape index (κ3) is 6.84. The van der Waals surface area contributed by atoms with Crippen LogP contribution in [0.2, 0.25) is 0 Å². The van der Waals surface area contributed by atoms with E-state index in [0.29, 0.717) is 18.4 Å². The number of esters is 1. The topological polar surface area (TPSA) is 26.3 Å². The summed E-state index contributed by atoms with van der Waals surface area (Å²) >= 11 is 1.45. The molecule has 0 N–H and O–H groups in total. The molecule has 0 saturated carbocycles. The molecule has 0 bridgehead atoms. The summed E-state index contributed by atoms with van der Waals surface area (Å²) in [7, 11) is 0. The van der Waals surface area contributed by atoms with Crippen LogP contribution in [-0.4, -0.2) is 24.7 Å². The summed E-state index contributed by atoms with van der Waals surface area (Å²) in [4.78, 5) is 11.6. The third-order valence-corrected chi connectivity index (χ3v) is 3.62. The second-order valence-corrected chi connectivity index (χ2v) is 6.06. The lowest BCUT2D eigenvalue weighted by Crippen LogP contribution is -2.34. The van der Waals surface area contributed by atoms with Crippen molar-refractivity contribution in [2.45, 2.75) is 31.4 Å². The average Bonchev–Trinajstić information content (AvgIpc) is 2.46. The molecule has 0 saturated heterocycles. The van der Waals surface area contributed by atoms with Crippen molar-refractivity contribution in [3.05, 3.63) is 45.6 Å². The van der Waals surface area contributed by atoms with Crippen molar-refractivity contribution < 1.29 is 31.5 Å². The Labute approximate surface area is 143 Å². The second-order valence-electron chi connectivity index (χ2n) is 4.67. The smallest absolute Gasteiger partial charge is 0.457 e. The van der Waals surface area contributed by atoms with Crippen LogP contribution in [0.3, 0.4) is 0 Å². The average molecular weight is 448 g/mol. The molecule has 0 aliphatic rings. The number of ether oxygens (including phenoxy) is 1. The molecule has 0 amide bonds. The van der Waals surface area contributed by atoms with Crippen molar-refractivity contribution in [1.29, 1.82) is 0 Å². The molecule has 0 unspecified atom stereocenters. The molecule has 0 fully saturated rings. The van der Waals surface area contributed by atoms with Gasteiger partial charge in [-0.25, -0.2) is 4.79 Å². The highest BCUT2D eigenvalue weighted by molar-refractivity contribution is 14.1. The van der Waals surface area contributed by atoms with Crippen LogP contribution in [0.25, 0.3) is 0 Å². The number of hydrogen-bond donors (Lipinski definition) is 0. The molecule has 1 rings (SSSR count). The highest BCUT2D eigenvalue weighted by atomic mass is 127. The number of carbonyl (C=O) groups is 1. The number of unbranched alkanes of at least 4 members (excludes halogenated alkanes) is 1. The van der Waals surface area contributed by atoms with Crippen molar-refractivity contribution in [3.63, 3.8) is 0 Å². The molecule has 8 heteroatoms. The molecule has 0 atom stereocenters. The summed E-state index contributed by atoms with van der Waals surface area (Å²) in [5.41, 5.74) is 0.395. The van der Waals surface area contributed by atoms with Gasteiger partial charge in [0, 0.05) is 6.08 Å². The SMILES string of the molecule is O=C(OCCCCC(I)=CC(F)(F)C(F)(F)F)c1ccccc1. The van der Waals surface area contributed by atoms with Gasteiger partial charge < -0.3 is 4.74 Å². The van der Waals surface area contributed by atoms with E-state index in [1.54, 1.807) is 30.3 Å². The van der Waals surface area contributed by atoms with Crippen LogP contribution in [0, 0.1) is 0 Å². The maximum atomic E-state index is 12.8. The summed E-state index contributed by atoms with van der Waals surface area (Å²) in [6.45, 7) is 0.0767. The first-order chi connectivity index (χ1) is 10.6. The van der Waals surface area contributed by atoms with Crippen molar-refractivity contribution in [2.24, 2.45) is 0 Å². The molecule has 0 aliphatic carbocycles. The molecule has 0 spiro atoms. The monoisotopic (exact) mass is 448 g/mol. The molecule has 2 nitrogen and oxygen atoms in total. The first-order valence-corrected chi connectivity index (χ1v) is 7.75. The van der Waals surface area contributed by atoms with Gasteiger partial charge in [0.1, 0.15) is 0 Å². The Morgan fingerprint density at radius 1 is 1.09 bits per heavy atom. The lowest BCUT2D eigenvalue weighted by molar-refractivity contribution is -0.259. The first-order valence-electron chi connectivity index (χ1n) is 6.67. The first kappa shape index (κ1) is 19.9. The largest absolute Gasteiger partial charge is 0.462 e. The van der Waals surface area contributed by atoms with E-state index in [-0.39, 0.29) is 22.7 Å². The molecule has 128 valence electrons. The number of allylic oxidation sites excluding steroid dienone is 2. The lowest BCUT2D eigenvalue weighted by Gasteiger charge is -2.16. The van der Waals surface area contributed by atoms with Crippen LogP contribution >= 0.6 is 22.6 Å². The molecule has 1 aromatic rings. The van der Waals surface area contributed by atoms with E-state index in [2.05, 4.69) is 0 Å². The van der Waals surface area contributed by atoms with Gasteiger partial charge in [0.25, 0.3) is 0 Å². The van der Waals surface area contributed by atoms with Crippen molar-refractivity contribution >= 4 is 28.6 Å². The van der Waals surface area contributed by atoms with Gasteiger partial charge in [0.2, 0.25) is 0 Å². The van der Waals surface area contributed by atoms with E-state index >= 15 is 0 Å². The minimum Gasteiger partial charge on any atom is -0.462 e. The van der Waals surface area contributed by atoms with Crippen LogP contribution in [0.5, 0.6) is 0 Å². The number of benzene rings is 1. The van der Waals surface area contributed by atoms with Crippen LogP contribution in [0.15, 0.2) is 40.0 Å². The van der Waals surface area contributed by atoms with E-state index in [1.807, 2.05) is 0 Å². The molecule has 23 heavy (non-hydrogen) atoms. The molecule has 0 heterocycles. The Kier molecular flexibility index (Phi) is 7.43. The summed E-state index contributed by atoms with van der Waals surface area (Å²) in [6.07, 6.45) is -4.89. The Morgan fingerprint density at radius 2 is 1.70 bits per heavy atom. The van der Waals surface area contributed by atoms with Gasteiger partial charge in [-0.3, -0.25) is 0 Å². The lowest BCUT2D eigenvalue weighted by atomic mass is 10.2. The van der Waals surface area contributed by atoms with Gasteiger partial charge in [0.15, 0.2) is 0 Å². The number of alkyl halides is 5. The maximum Gasteiger partial charge on any atom is 0.457 e. The molecule has 0 aromatic heterocycles. The van der Waals surface area contributed by atoms with Gasteiger partial charge in [-0.2, -0.15) is 22.0 Å². The van der Waals surface area contributed by atoms with E-state index < -0.39 is 18.1 Å². The summed E-state index contributed by atoms with van der Waals surface area (Å²) in [6, 6.07) is 8.30. The number of carbonyl (C=O) groups excluding carboxylic acids is 1. The zero-order valence-corrected chi connectivity index (χ0v) is 14.0. The summed E-state index contributed by atoms with van der Waals surface area (Å²) < 4.78 is 66.5.